The first-order chi connectivity index (χ1) is 9.26. The predicted octanol–water partition coefficient (Wildman–Crippen LogP) is 3.91. The van der Waals surface area contributed by atoms with Gasteiger partial charge in [-0.25, -0.2) is 4.79 Å². The van der Waals surface area contributed by atoms with Gasteiger partial charge < -0.3 is 4.74 Å². The van der Waals surface area contributed by atoms with Gasteiger partial charge in [-0.05, 0) is 37.1 Å². The van der Waals surface area contributed by atoms with Crippen LogP contribution in [0.15, 0.2) is 24.3 Å². The first kappa shape index (κ1) is 15.3. The Hall–Kier alpha value is -1.73. The van der Waals surface area contributed by atoms with Gasteiger partial charge in [-0.15, -0.1) is 11.6 Å². The molecule has 1 N–H and O–H groups in total. The minimum absolute atomic E-state index is 0.407. The number of unbranched alkanes of at least 4 members (excludes halogenated alkanes) is 3. The van der Waals surface area contributed by atoms with Gasteiger partial charge in [-0.3, -0.25) is 5.32 Å². The van der Waals surface area contributed by atoms with E-state index in [2.05, 4.69) is 5.32 Å². The third kappa shape index (κ3) is 6.68. The van der Waals surface area contributed by atoms with Crippen molar-refractivity contribution < 1.29 is 9.53 Å². The molecule has 0 atom stereocenters. The van der Waals surface area contributed by atoms with Gasteiger partial charge in [0.05, 0.1) is 18.2 Å². The summed E-state index contributed by atoms with van der Waals surface area (Å²) in [6.45, 7) is 0.407. The van der Waals surface area contributed by atoms with E-state index in [-0.39, 0.29) is 0 Å². The Morgan fingerprint density at radius 1 is 1.21 bits per heavy atom. The van der Waals surface area contributed by atoms with Crippen LogP contribution in [-0.2, 0) is 4.74 Å². The monoisotopic (exact) mass is 280 g/mol. The number of nitriles is 1. The summed E-state index contributed by atoms with van der Waals surface area (Å²) in [6, 6.07) is 8.63. The molecule has 1 amide bonds. The molecule has 0 aliphatic carbocycles. The molecule has 0 heterocycles. The lowest BCUT2D eigenvalue weighted by Gasteiger charge is -2.06. The third-order valence-corrected chi connectivity index (χ3v) is 2.79. The first-order valence-corrected chi connectivity index (χ1v) is 6.79. The van der Waals surface area contributed by atoms with Gasteiger partial charge >= 0.3 is 6.09 Å². The first-order valence-electron chi connectivity index (χ1n) is 6.26. The minimum Gasteiger partial charge on any atom is -0.449 e. The molecule has 0 aliphatic rings. The molecule has 1 aromatic rings. The van der Waals surface area contributed by atoms with Crippen LogP contribution in [0.5, 0.6) is 0 Å². The number of hydrogen-bond donors (Lipinski definition) is 1. The molecule has 1 rings (SSSR count). The number of amides is 1. The normalized spacial score (nSPS) is 9.68. The van der Waals surface area contributed by atoms with Crippen LogP contribution in [-0.4, -0.2) is 18.6 Å². The molecule has 0 unspecified atom stereocenters. The Bertz CT molecular complexity index is 426. The molecule has 0 bridgehead atoms. The summed E-state index contributed by atoms with van der Waals surface area (Å²) in [5.41, 5.74) is 1.17. The smallest absolute Gasteiger partial charge is 0.411 e. The van der Waals surface area contributed by atoms with Crippen LogP contribution in [0.3, 0.4) is 0 Å². The fourth-order valence-electron chi connectivity index (χ4n) is 1.50. The summed E-state index contributed by atoms with van der Waals surface area (Å²) in [5.74, 6) is 0.681. The lowest BCUT2D eigenvalue weighted by atomic mass is 10.2. The number of nitrogens with one attached hydrogen (secondary N) is 1. The van der Waals surface area contributed by atoms with Crippen LogP contribution in [0.1, 0.15) is 31.2 Å². The molecule has 0 aliphatic heterocycles. The van der Waals surface area contributed by atoms with E-state index in [4.69, 9.17) is 21.6 Å². The highest BCUT2D eigenvalue weighted by molar-refractivity contribution is 6.17. The van der Waals surface area contributed by atoms with Gasteiger partial charge in [0.2, 0.25) is 0 Å². The molecule has 5 heteroatoms. The molecule has 1 aromatic carbocycles. The molecular formula is C14H17ClN2O2. The maximum absolute atomic E-state index is 11.4. The highest BCUT2D eigenvalue weighted by Gasteiger charge is 2.02. The third-order valence-electron chi connectivity index (χ3n) is 2.52. The Morgan fingerprint density at radius 2 is 1.89 bits per heavy atom. The van der Waals surface area contributed by atoms with Crippen LogP contribution in [0.25, 0.3) is 0 Å². The van der Waals surface area contributed by atoms with Gasteiger partial charge in [0.15, 0.2) is 0 Å². The number of hydrogen-bond acceptors (Lipinski definition) is 3. The van der Waals surface area contributed by atoms with E-state index in [9.17, 15) is 4.79 Å². The number of carbonyl (C=O) groups is 1. The molecule has 0 fully saturated rings. The highest BCUT2D eigenvalue weighted by atomic mass is 35.5. The summed E-state index contributed by atoms with van der Waals surface area (Å²) in [7, 11) is 0. The molecule has 0 aromatic heterocycles. The molecule has 0 saturated carbocycles. The van der Waals surface area contributed by atoms with Gasteiger partial charge in [0, 0.05) is 11.6 Å². The van der Waals surface area contributed by atoms with Crippen molar-refractivity contribution in [3.05, 3.63) is 29.8 Å². The van der Waals surface area contributed by atoms with Crippen molar-refractivity contribution in [2.24, 2.45) is 0 Å². The number of halogens is 1. The van der Waals surface area contributed by atoms with Crippen molar-refractivity contribution in [1.29, 1.82) is 5.26 Å². The summed E-state index contributed by atoms with van der Waals surface area (Å²) < 4.78 is 5.03. The van der Waals surface area contributed by atoms with E-state index < -0.39 is 6.09 Å². The summed E-state index contributed by atoms with van der Waals surface area (Å²) in [4.78, 5) is 11.4. The number of rotatable bonds is 7. The second-order valence-corrected chi connectivity index (χ2v) is 4.43. The number of anilines is 1. The van der Waals surface area contributed by atoms with Crippen molar-refractivity contribution in [2.75, 3.05) is 17.8 Å². The van der Waals surface area contributed by atoms with Crippen LogP contribution in [0, 0.1) is 11.3 Å². The van der Waals surface area contributed by atoms with Crippen LogP contribution >= 0.6 is 11.6 Å². The molecule has 102 valence electrons. The van der Waals surface area contributed by atoms with E-state index in [1.54, 1.807) is 24.3 Å². The molecule has 0 spiro atoms. The number of alkyl halides is 1. The van der Waals surface area contributed by atoms with Crippen molar-refractivity contribution in [3.8, 4) is 6.07 Å². The standard InChI is InChI=1S/C14H17ClN2O2/c15-9-3-1-2-4-10-19-14(18)17-13-7-5-12(11-16)6-8-13/h5-8H,1-4,9-10H2,(H,17,18). The van der Waals surface area contributed by atoms with Gasteiger partial charge in [-0.2, -0.15) is 5.26 Å². The van der Waals surface area contributed by atoms with E-state index in [0.717, 1.165) is 25.7 Å². The summed E-state index contributed by atoms with van der Waals surface area (Å²) >= 11 is 5.56. The lowest BCUT2D eigenvalue weighted by Crippen LogP contribution is -2.14. The van der Waals surface area contributed by atoms with Gasteiger partial charge in [-0.1, -0.05) is 12.8 Å². The van der Waals surface area contributed by atoms with Crippen LogP contribution < -0.4 is 5.32 Å². The number of carbonyl (C=O) groups excluding carboxylic acids is 1. The number of nitrogens with zero attached hydrogens (tertiary/aromatic N) is 1. The molecule has 0 saturated heterocycles. The van der Waals surface area contributed by atoms with E-state index in [1.165, 1.54) is 0 Å². The highest BCUT2D eigenvalue weighted by Crippen LogP contribution is 2.09. The average molecular weight is 281 g/mol. The van der Waals surface area contributed by atoms with Crippen molar-refractivity contribution in [3.63, 3.8) is 0 Å². The maximum atomic E-state index is 11.4. The summed E-state index contributed by atoms with van der Waals surface area (Å²) in [6.07, 6.45) is 3.44. The topological polar surface area (TPSA) is 62.1 Å². The van der Waals surface area contributed by atoms with E-state index in [0.29, 0.717) is 23.7 Å². The molecule has 19 heavy (non-hydrogen) atoms. The van der Waals surface area contributed by atoms with Crippen molar-refractivity contribution >= 4 is 23.4 Å². The quantitative estimate of drug-likeness (QED) is 0.608. The largest absolute Gasteiger partial charge is 0.449 e. The molecular weight excluding hydrogens is 264 g/mol. The fraction of sp³-hybridized carbons (Fsp3) is 0.429. The van der Waals surface area contributed by atoms with Crippen molar-refractivity contribution in [1.82, 2.24) is 0 Å². The van der Waals surface area contributed by atoms with Crippen molar-refractivity contribution in [2.45, 2.75) is 25.7 Å². The summed E-state index contributed by atoms with van der Waals surface area (Å²) in [5, 5.41) is 11.2. The zero-order valence-electron chi connectivity index (χ0n) is 10.7. The number of ether oxygens (including phenoxy) is 1. The SMILES string of the molecule is N#Cc1ccc(NC(=O)OCCCCCCCl)cc1. The zero-order chi connectivity index (χ0) is 13.9. The van der Waals surface area contributed by atoms with E-state index >= 15 is 0 Å². The molecule has 0 radical (unpaired) electrons. The van der Waals surface area contributed by atoms with Gasteiger partial charge in [0.1, 0.15) is 0 Å². The maximum Gasteiger partial charge on any atom is 0.411 e. The van der Waals surface area contributed by atoms with E-state index in [1.807, 2.05) is 6.07 Å². The van der Waals surface area contributed by atoms with Crippen LogP contribution in [0.2, 0.25) is 0 Å². The Morgan fingerprint density at radius 3 is 2.53 bits per heavy atom. The Labute approximate surface area is 118 Å². The Balaban J connectivity index is 2.18. The average Bonchev–Trinajstić information content (AvgIpc) is 2.43. The minimum atomic E-state index is -0.470. The second kappa shape index (κ2) is 9.23. The zero-order valence-corrected chi connectivity index (χ0v) is 11.4. The van der Waals surface area contributed by atoms with Gasteiger partial charge in [0.25, 0.3) is 0 Å². The fourth-order valence-corrected chi connectivity index (χ4v) is 1.69. The molecule has 4 nitrogen and oxygen atoms in total. The van der Waals surface area contributed by atoms with Crippen LogP contribution in [0.4, 0.5) is 10.5 Å². The number of benzene rings is 1. The second-order valence-electron chi connectivity index (χ2n) is 4.05. The lowest BCUT2D eigenvalue weighted by molar-refractivity contribution is 0.159. The predicted molar refractivity (Wildman–Crippen MR) is 75.3 cm³/mol. The Kier molecular flexibility index (Phi) is 7.45.